The fraction of sp³-hybridized carbons (Fsp3) is 0.279. The van der Waals surface area contributed by atoms with Crippen molar-refractivity contribution in [2.45, 2.75) is 73.3 Å². The molecule has 0 amide bonds. The van der Waals surface area contributed by atoms with E-state index >= 15 is 0 Å². The molecule has 265 valence electrons. The zero-order valence-corrected chi connectivity index (χ0v) is 35.0. The number of hydrogen-bond donors (Lipinski definition) is 0. The first kappa shape index (κ1) is 31.8. The van der Waals surface area contributed by atoms with Crippen LogP contribution in [-0.2, 0) is 26.5 Å². The van der Waals surface area contributed by atoms with Crippen LogP contribution < -0.4 is 10.5 Å². The summed E-state index contributed by atoms with van der Waals surface area (Å²) < 4.78 is 53.0. The van der Waals surface area contributed by atoms with Gasteiger partial charge in [-0.25, -0.2) is 4.98 Å². The second-order valence-electron chi connectivity index (χ2n) is 15.6. The van der Waals surface area contributed by atoms with E-state index in [9.17, 15) is 0 Å². The molecular weight excluding hydrogens is 839 g/mol. The number of aryl methyl sites for hydroxylation is 1. The summed E-state index contributed by atoms with van der Waals surface area (Å²) in [6, 6.07) is 29.5. The molecule has 0 atom stereocenters. The van der Waals surface area contributed by atoms with Crippen LogP contribution in [-0.4, -0.2) is 31.1 Å². The topological polar surface area (TPSA) is 65.0 Å². The molecule has 3 aromatic carbocycles. The quantitative estimate of drug-likeness (QED) is 0.123. The number of fused-ring (bicyclic) bond motifs is 3. The van der Waals surface area contributed by atoms with Gasteiger partial charge in [-0.1, -0.05) is 107 Å². The van der Waals surface area contributed by atoms with Gasteiger partial charge in [0.1, 0.15) is 19.9 Å². The van der Waals surface area contributed by atoms with Gasteiger partial charge in [0.05, 0.1) is 19.0 Å². The van der Waals surface area contributed by atoms with Crippen LogP contribution in [0.1, 0.15) is 38.8 Å². The Balaban J connectivity index is 0.000000214. The van der Waals surface area contributed by atoms with Crippen molar-refractivity contribution in [3.63, 3.8) is 0 Å². The number of para-hydroxylation sites is 1. The average molecular weight is 891 g/mol. The van der Waals surface area contributed by atoms with E-state index in [4.69, 9.17) is 25.7 Å². The largest absolute Gasteiger partial charge is 0.501 e. The first-order valence-corrected chi connectivity index (χ1v) is 23.8. The van der Waals surface area contributed by atoms with Crippen molar-refractivity contribution < 1.29 is 35.8 Å². The summed E-state index contributed by atoms with van der Waals surface area (Å²) >= 11 is 0. The summed E-state index contributed by atoms with van der Waals surface area (Å²) in [5.41, 5.74) is 4.35. The van der Waals surface area contributed by atoms with Crippen molar-refractivity contribution >= 4 is 48.6 Å². The molecule has 0 saturated carbocycles. The molecule has 0 aliphatic carbocycles. The molecule has 0 N–H and O–H groups in total. The number of furan rings is 1. The summed E-state index contributed by atoms with van der Waals surface area (Å²) in [4.78, 5) is 14.0. The maximum atomic E-state index is 8.70. The summed E-state index contributed by atoms with van der Waals surface area (Å²) in [6.07, 6.45) is 3.20. The van der Waals surface area contributed by atoms with Crippen molar-refractivity contribution in [1.29, 1.82) is 0 Å². The monoisotopic (exact) mass is 891 g/mol. The molecule has 1 radical (unpaired) electrons. The van der Waals surface area contributed by atoms with E-state index < -0.39 is 34.8 Å². The van der Waals surface area contributed by atoms with Crippen LogP contribution in [0.4, 0.5) is 0 Å². The van der Waals surface area contributed by atoms with E-state index in [1.807, 2.05) is 67.1 Å². The predicted octanol–water partition coefficient (Wildman–Crippen LogP) is 10.6. The Bertz CT molecular complexity index is 2480. The molecule has 8 heteroatoms. The maximum absolute atomic E-state index is 8.70. The van der Waals surface area contributed by atoms with Crippen LogP contribution >= 0.6 is 0 Å². The van der Waals surface area contributed by atoms with Gasteiger partial charge in [0, 0.05) is 56.0 Å². The third kappa shape index (κ3) is 8.75. The summed E-state index contributed by atoms with van der Waals surface area (Å²) in [7, 11) is -3.00. The molecule has 4 aromatic heterocycles. The Morgan fingerprint density at radius 1 is 0.843 bits per heavy atom. The Kier molecular flexibility index (Phi) is 9.32. The SMILES string of the molecule is C[Si](C)(C)c1cnc(-c2[c-]cccc2)c(-c2nc([Si](C)(C)C)co2)c1.[2H]C([2H])([2H])c1cnc(-c2[c-]ccc3c2oc2ccccc23)cc1C([2H])([2H])C(C)(C)C.[Ir]. The minimum absolute atomic E-state index is 0. The number of oxazole rings is 1. The predicted molar refractivity (Wildman–Crippen MR) is 214 cm³/mol. The van der Waals surface area contributed by atoms with Gasteiger partial charge < -0.3 is 18.8 Å². The summed E-state index contributed by atoms with van der Waals surface area (Å²) in [5, 5.41) is 4.26. The Morgan fingerprint density at radius 3 is 2.27 bits per heavy atom. The zero-order valence-electron chi connectivity index (χ0n) is 35.7. The van der Waals surface area contributed by atoms with Crippen LogP contribution in [0, 0.1) is 24.4 Å². The molecule has 4 heterocycles. The Labute approximate surface area is 325 Å². The van der Waals surface area contributed by atoms with Crippen LogP contribution in [0.2, 0.25) is 39.3 Å². The van der Waals surface area contributed by atoms with Crippen LogP contribution in [0.15, 0.2) is 100 Å². The average Bonchev–Trinajstić information content (AvgIpc) is 3.77. The molecule has 0 saturated heterocycles. The number of pyridine rings is 2. The van der Waals surface area contributed by atoms with Crippen molar-refractivity contribution in [2.24, 2.45) is 5.41 Å². The van der Waals surface area contributed by atoms with Gasteiger partial charge in [-0.3, -0.25) is 0 Å². The molecule has 0 fully saturated rings. The minimum atomic E-state index is -2.48. The van der Waals surface area contributed by atoms with E-state index in [1.165, 1.54) is 17.4 Å². The molecule has 5 nitrogen and oxygen atoms in total. The smallest absolute Gasteiger partial charge is 0.218 e. The number of aromatic nitrogens is 3. The van der Waals surface area contributed by atoms with Crippen molar-refractivity contribution in [3.05, 3.63) is 115 Å². The maximum Gasteiger partial charge on any atom is 0.218 e. The molecule has 0 unspecified atom stereocenters. The third-order valence-corrected chi connectivity index (χ3v) is 12.0. The van der Waals surface area contributed by atoms with E-state index in [0.717, 1.165) is 38.5 Å². The Morgan fingerprint density at radius 2 is 1.61 bits per heavy atom. The summed E-state index contributed by atoms with van der Waals surface area (Å²) in [5.74, 6) is 0.664. The van der Waals surface area contributed by atoms with Gasteiger partial charge in [0.15, 0.2) is 0 Å². The molecule has 0 aliphatic rings. The first-order chi connectivity index (χ1) is 25.6. The second-order valence-corrected chi connectivity index (χ2v) is 25.7. The fourth-order valence-corrected chi connectivity index (χ4v) is 7.39. The zero-order chi connectivity index (χ0) is 40.1. The van der Waals surface area contributed by atoms with Gasteiger partial charge in [-0.05, 0) is 41.2 Å². The second kappa shape index (κ2) is 15.0. The van der Waals surface area contributed by atoms with E-state index in [1.54, 1.807) is 26.8 Å². The van der Waals surface area contributed by atoms with Crippen LogP contribution in [0.3, 0.4) is 0 Å². The number of nitrogens with zero attached hydrogens (tertiary/aromatic N) is 3. The van der Waals surface area contributed by atoms with Gasteiger partial charge in [0.25, 0.3) is 0 Å². The minimum Gasteiger partial charge on any atom is -0.501 e. The van der Waals surface area contributed by atoms with Crippen LogP contribution in [0.5, 0.6) is 0 Å². The van der Waals surface area contributed by atoms with Gasteiger partial charge >= 0.3 is 0 Å². The molecule has 0 aliphatic heterocycles. The van der Waals surface area contributed by atoms with Gasteiger partial charge in [-0.2, -0.15) is 0 Å². The molecule has 0 spiro atoms. The normalized spacial score (nSPS) is 14.0. The van der Waals surface area contributed by atoms with Gasteiger partial charge in [-0.15, -0.1) is 54.1 Å². The number of rotatable bonds is 6. The van der Waals surface area contributed by atoms with Crippen molar-refractivity contribution in [2.75, 3.05) is 0 Å². The van der Waals surface area contributed by atoms with Crippen molar-refractivity contribution in [1.82, 2.24) is 15.0 Å². The Hall–Kier alpha value is -3.95. The number of hydrogen-bond acceptors (Lipinski definition) is 5. The summed E-state index contributed by atoms with van der Waals surface area (Å²) in [6.45, 7) is 16.6. The van der Waals surface area contributed by atoms with Gasteiger partial charge in [0.2, 0.25) is 5.89 Å². The molecule has 51 heavy (non-hydrogen) atoms. The third-order valence-electron chi connectivity index (χ3n) is 8.23. The van der Waals surface area contributed by atoms with E-state index in [-0.39, 0.29) is 31.2 Å². The molecule has 0 bridgehead atoms. The van der Waals surface area contributed by atoms with Crippen LogP contribution in [0.25, 0.3) is 55.9 Å². The van der Waals surface area contributed by atoms with Crippen molar-refractivity contribution in [3.8, 4) is 34.0 Å². The van der Waals surface area contributed by atoms with E-state index in [2.05, 4.69) is 62.5 Å². The molecule has 7 rings (SSSR count). The van der Waals surface area contributed by atoms with E-state index in [0.29, 0.717) is 22.7 Å². The molecule has 7 aromatic rings. The standard InChI is InChI=1S/C23H22NO.C20H25N2OSi2.Ir/c1-15-14-24-20(12-16(15)13-23(2,3)4)19-10-7-9-18-17-8-5-6-11-21(17)25-22(18)19;1-24(2,3)16-12-17(20-22-18(14-23-20)25(4,5)6)19(21-13-16)15-10-8-7-9-11-15;/h5-9,11-12,14H,13H2,1-4H3;7-10,12-14H,1-6H3;/q2*-1;/i1D3,13D2;;. The first-order valence-electron chi connectivity index (χ1n) is 19.3. The fourth-order valence-electron chi connectivity index (χ4n) is 5.52. The number of benzene rings is 3. The molecular formula is C43H47IrN3O2Si2-2.